The summed E-state index contributed by atoms with van der Waals surface area (Å²) in [5.41, 5.74) is 0.614. The highest BCUT2D eigenvalue weighted by atomic mass is 35.5. The first-order chi connectivity index (χ1) is 9.04. The van der Waals surface area contributed by atoms with Crippen molar-refractivity contribution in [3.8, 4) is 0 Å². The van der Waals surface area contributed by atoms with E-state index in [0.717, 1.165) is 12.8 Å². The molecule has 0 saturated heterocycles. The normalized spacial score (nSPS) is 14.4. The average molecular weight is 283 g/mol. The number of rotatable bonds is 6. The summed E-state index contributed by atoms with van der Waals surface area (Å²) in [6.45, 7) is -0.0168. The third-order valence-corrected chi connectivity index (χ3v) is 3.09. The zero-order valence-corrected chi connectivity index (χ0v) is 11.1. The van der Waals surface area contributed by atoms with Gasteiger partial charge >= 0.3 is 5.97 Å². The molecule has 19 heavy (non-hydrogen) atoms. The molecule has 0 radical (unpaired) electrons. The summed E-state index contributed by atoms with van der Waals surface area (Å²) >= 11 is 5.82. The molecule has 1 aromatic carbocycles. The number of amides is 1. The maximum absolute atomic E-state index is 11.9. The number of carbonyl (C=O) groups excluding carboxylic acids is 1. The lowest BCUT2D eigenvalue weighted by Crippen LogP contribution is -2.38. The summed E-state index contributed by atoms with van der Waals surface area (Å²) < 4.78 is 0. The van der Waals surface area contributed by atoms with Gasteiger partial charge in [-0.05, 0) is 31.0 Å². The van der Waals surface area contributed by atoms with Crippen LogP contribution in [0.4, 0.5) is 5.69 Å². The van der Waals surface area contributed by atoms with Crippen molar-refractivity contribution in [1.29, 1.82) is 0 Å². The van der Waals surface area contributed by atoms with Crippen molar-refractivity contribution in [2.24, 2.45) is 0 Å². The van der Waals surface area contributed by atoms with Gasteiger partial charge in [0.2, 0.25) is 5.91 Å². The second-order valence-corrected chi connectivity index (χ2v) is 5.02. The quantitative estimate of drug-likeness (QED) is 0.835. The van der Waals surface area contributed by atoms with E-state index in [0.29, 0.717) is 10.7 Å². The van der Waals surface area contributed by atoms with Gasteiger partial charge in [-0.2, -0.15) is 0 Å². The molecule has 0 aliphatic heterocycles. The number of carboxylic acids is 1. The van der Waals surface area contributed by atoms with E-state index in [1.54, 1.807) is 29.2 Å². The van der Waals surface area contributed by atoms with Gasteiger partial charge in [-0.1, -0.05) is 17.7 Å². The Hall–Kier alpha value is -1.59. The second kappa shape index (κ2) is 6.04. The topological polar surface area (TPSA) is 69.6 Å². The molecule has 1 aliphatic carbocycles. The minimum atomic E-state index is -0.914. The fraction of sp³-hybridized carbons (Fsp3) is 0.385. The van der Waals surface area contributed by atoms with Crippen LogP contribution >= 0.6 is 11.6 Å². The third kappa shape index (κ3) is 4.54. The number of hydrogen-bond donors (Lipinski definition) is 2. The highest BCUT2D eigenvalue weighted by Crippen LogP contribution is 2.26. The highest BCUT2D eigenvalue weighted by molar-refractivity contribution is 6.30. The second-order valence-electron chi connectivity index (χ2n) is 4.59. The predicted molar refractivity (Wildman–Crippen MR) is 72.3 cm³/mol. The van der Waals surface area contributed by atoms with Gasteiger partial charge in [0.05, 0.1) is 13.1 Å². The van der Waals surface area contributed by atoms with Gasteiger partial charge in [0.15, 0.2) is 0 Å². The van der Waals surface area contributed by atoms with Crippen LogP contribution in [0, 0.1) is 0 Å². The van der Waals surface area contributed by atoms with Gasteiger partial charge in [-0.25, -0.2) is 0 Å². The molecule has 0 unspecified atom stereocenters. The van der Waals surface area contributed by atoms with Crippen LogP contribution in [0.2, 0.25) is 5.02 Å². The number of nitrogens with zero attached hydrogens (tertiary/aromatic N) is 1. The molecule has 1 aromatic rings. The Labute approximate surface area is 116 Å². The van der Waals surface area contributed by atoms with Crippen LogP contribution in [0.3, 0.4) is 0 Å². The predicted octanol–water partition coefficient (Wildman–Crippen LogP) is 1.83. The lowest BCUT2D eigenvalue weighted by molar-refractivity contribution is -0.138. The summed E-state index contributed by atoms with van der Waals surface area (Å²) in [5.74, 6) is -1.14. The smallest absolute Gasteiger partial charge is 0.317 e. The molecule has 1 aliphatic rings. The Morgan fingerprint density at radius 2 is 2.11 bits per heavy atom. The summed E-state index contributed by atoms with van der Waals surface area (Å²) in [7, 11) is 0. The maximum Gasteiger partial charge on any atom is 0.317 e. The van der Waals surface area contributed by atoms with E-state index in [9.17, 15) is 9.59 Å². The van der Waals surface area contributed by atoms with E-state index in [-0.39, 0.29) is 25.0 Å². The molecular weight excluding hydrogens is 268 g/mol. The first kappa shape index (κ1) is 13.8. The van der Waals surface area contributed by atoms with Gasteiger partial charge in [0.25, 0.3) is 0 Å². The SMILES string of the molecule is O=C(O)CN(CC(=O)Nc1cccc(Cl)c1)C1CC1. The maximum atomic E-state index is 11.9. The number of aliphatic carboxylic acids is 1. The number of carboxylic acid groups (broad SMARTS) is 1. The number of hydrogen-bond acceptors (Lipinski definition) is 3. The van der Waals surface area contributed by atoms with E-state index in [2.05, 4.69) is 5.32 Å². The summed E-state index contributed by atoms with van der Waals surface area (Å²) in [4.78, 5) is 24.3. The van der Waals surface area contributed by atoms with Gasteiger partial charge in [-0.15, -0.1) is 0 Å². The molecule has 0 atom stereocenters. The molecule has 102 valence electrons. The largest absolute Gasteiger partial charge is 0.480 e. The monoisotopic (exact) mass is 282 g/mol. The van der Waals surface area contributed by atoms with Crippen LogP contribution in [0.25, 0.3) is 0 Å². The summed E-state index contributed by atoms with van der Waals surface area (Å²) in [6.07, 6.45) is 1.91. The molecule has 6 heteroatoms. The average Bonchev–Trinajstić information content (AvgIpc) is 3.10. The Bertz CT molecular complexity index is 489. The van der Waals surface area contributed by atoms with Crippen LogP contribution in [-0.4, -0.2) is 41.0 Å². The molecule has 1 saturated carbocycles. The molecule has 1 fully saturated rings. The van der Waals surface area contributed by atoms with Crippen LogP contribution < -0.4 is 5.32 Å². The molecule has 2 N–H and O–H groups in total. The van der Waals surface area contributed by atoms with E-state index in [1.807, 2.05) is 0 Å². The molecule has 1 amide bonds. The lowest BCUT2D eigenvalue weighted by atomic mass is 10.3. The van der Waals surface area contributed by atoms with Crippen molar-refractivity contribution in [2.45, 2.75) is 18.9 Å². The minimum absolute atomic E-state index is 0.0868. The first-order valence-electron chi connectivity index (χ1n) is 6.06. The third-order valence-electron chi connectivity index (χ3n) is 2.86. The van der Waals surface area contributed by atoms with E-state index < -0.39 is 5.97 Å². The number of anilines is 1. The zero-order valence-electron chi connectivity index (χ0n) is 10.3. The van der Waals surface area contributed by atoms with Gasteiger partial charge in [0.1, 0.15) is 0 Å². The standard InChI is InChI=1S/C13H15ClN2O3/c14-9-2-1-3-10(6-9)15-12(17)7-16(8-13(18)19)11-4-5-11/h1-3,6,11H,4-5,7-8H2,(H,15,17)(H,18,19). The fourth-order valence-corrected chi connectivity index (χ4v) is 2.07. The van der Waals surface area contributed by atoms with Crippen molar-refractivity contribution < 1.29 is 14.7 Å². The van der Waals surface area contributed by atoms with Gasteiger partial charge in [0, 0.05) is 16.8 Å². The Morgan fingerprint density at radius 3 is 2.68 bits per heavy atom. The Morgan fingerprint density at radius 1 is 1.37 bits per heavy atom. The van der Waals surface area contributed by atoms with Crippen molar-refractivity contribution in [1.82, 2.24) is 4.90 Å². The van der Waals surface area contributed by atoms with Crippen molar-refractivity contribution in [2.75, 3.05) is 18.4 Å². The highest BCUT2D eigenvalue weighted by Gasteiger charge is 2.31. The molecule has 0 bridgehead atoms. The number of halogens is 1. The van der Waals surface area contributed by atoms with Gasteiger partial charge < -0.3 is 10.4 Å². The van der Waals surface area contributed by atoms with Crippen molar-refractivity contribution >= 4 is 29.2 Å². The van der Waals surface area contributed by atoms with Gasteiger partial charge in [-0.3, -0.25) is 14.5 Å². The Kier molecular flexibility index (Phi) is 4.39. The zero-order chi connectivity index (χ0) is 13.8. The lowest BCUT2D eigenvalue weighted by Gasteiger charge is -2.18. The van der Waals surface area contributed by atoms with E-state index in [4.69, 9.17) is 16.7 Å². The fourth-order valence-electron chi connectivity index (χ4n) is 1.88. The number of benzene rings is 1. The van der Waals surface area contributed by atoms with Crippen LogP contribution in [0.15, 0.2) is 24.3 Å². The van der Waals surface area contributed by atoms with E-state index in [1.165, 1.54) is 0 Å². The number of carbonyl (C=O) groups is 2. The first-order valence-corrected chi connectivity index (χ1v) is 6.43. The molecule has 0 aromatic heterocycles. The van der Waals surface area contributed by atoms with Crippen LogP contribution in [0.5, 0.6) is 0 Å². The van der Waals surface area contributed by atoms with Crippen molar-refractivity contribution in [3.63, 3.8) is 0 Å². The van der Waals surface area contributed by atoms with Crippen LogP contribution in [-0.2, 0) is 9.59 Å². The van der Waals surface area contributed by atoms with Crippen molar-refractivity contribution in [3.05, 3.63) is 29.3 Å². The molecule has 0 spiro atoms. The Balaban J connectivity index is 1.90. The van der Waals surface area contributed by atoms with E-state index >= 15 is 0 Å². The molecule has 0 heterocycles. The number of nitrogens with one attached hydrogen (secondary N) is 1. The van der Waals surface area contributed by atoms with Crippen LogP contribution in [0.1, 0.15) is 12.8 Å². The summed E-state index contributed by atoms with van der Waals surface area (Å²) in [5, 5.41) is 12.1. The minimum Gasteiger partial charge on any atom is -0.480 e. The molecule has 5 nitrogen and oxygen atoms in total. The summed E-state index contributed by atoms with van der Waals surface area (Å²) in [6, 6.07) is 7.08. The molecule has 2 rings (SSSR count). The molecular formula is C13H15ClN2O3.